The van der Waals surface area contributed by atoms with Gasteiger partial charge in [0.1, 0.15) is 10.9 Å². The molecule has 0 radical (unpaired) electrons. The van der Waals surface area contributed by atoms with Crippen LogP contribution in [0.3, 0.4) is 0 Å². The predicted molar refractivity (Wildman–Crippen MR) is 96.2 cm³/mol. The number of hydrogen-bond donors (Lipinski definition) is 2. The van der Waals surface area contributed by atoms with Crippen molar-refractivity contribution in [2.75, 3.05) is 5.32 Å². The average Bonchev–Trinajstić information content (AvgIpc) is 2.94. The number of H-pyrrole nitrogens is 1. The molecule has 1 amide bonds. The number of nitrogens with one attached hydrogen (secondary N) is 2. The van der Waals surface area contributed by atoms with E-state index >= 15 is 0 Å². The van der Waals surface area contributed by atoms with Crippen LogP contribution < -0.4 is 16.6 Å². The second-order valence-electron chi connectivity index (χ2n) is 5.91. The van der Waals surface area contributed by atoms with Gasteiger partial charge in [0.15, 0.2) is 0 Å². The van der Waals surface area contributed by atoms with Gasteiger partial charge in [-0.2, -0.15) is 13.2 Å². The molecule has 10 heteroatoms. The molecule has 0 aliphatic carbocycles. The fourth-order valence-corrected chi connectivity index (χ4v) is 3.58. The van der Waals surface area contributed by atoms with Gasteiger partial charge in [-0.1, -0.05) is 12.1 Å². The summed E-state index contributed by atoms with van der Waals surface area (Å²) in [5.41, 5.74) is -2.94. The maximum absolute atomic E-state index is 13.1. The Morgan fingerprint density at radius 3 is 2.59 bits per heavy atom. The van der Waals surface area contributed by atoms with Gasteiger partial charge in [0.25, 0.3) is 5.56 Å². The summed E-state index contributed by atoms with van der Waals surface area (Å²) in [6.45, 7) is 3.03. The summed E-state index contributed by atoms with van der Waals surface area (Å²) in [5, 5.41) is 2.40. The van der Waals surface area contributed by atoms with E-state index < -0.39 is 40.6 Å². The van der Waals surface area contributed by atoms with Crippen molar-refractivity contribution in [2.45, 2.75) is 26.1 Å². The summed E-state index contributed by atoms with van der Waals surface area (Å²) < 4.78 is 39.9. The second-order valence-corrected chi connectivity index (χ2v) is 7.17. The monoisotopic (exact) mass is 397 g/mol. The molecule has 142 valence electrons. The summed E-state index contributed by atoms with van der Waals surface area (Å²) in [6.07, 6.45) is -4.66. The topological polar surface area (TPSA) is 84.0 Å². The minimum absolute atomic E-state index is 0.243. The van der Waals surface area contributed by atoms with Crippen LogP contribution in [0.4, 0.5) is 18.9 Å². The number of rotatable bonds is 3. The van der Waals surface area contributed by atoms with Gasteiger partial charge in [-0.15, -0.1) is 11.3 Å². The molecular weight excluding hydrogens is 383 g/mol. The van der Waals surface area contributed by atoms with E-state index in [2.05, 4.69) is 10.3 Å². The Morgan fingerprint density at radius 1 is 1.26 bits per heavy atom. The number of carbonyl (C=O) groups is 1. The molecule has 0 fully saturated rings. The zero-order valence-corrected chi connectivity index (χ0v) is 15.0. The van der Waals surface area contributed by atoms with E-state index in [4.69, 9.17) is 0 Å². The molecule has 1 atom stereocenters. The fourth-order valence-electron chi connectivity index (χ4n) is 2.69. The van der Waals surface area contributed by atoms with E-state index in [9.17, 15) is 27.6 Å². The van der Waals surface area contributed by atoms with E-state index in [0.29, 0.717) is 9.40 Å². The number of halogens is 3. The largest absolute Gasteiger partial charge is 0.418 e. The molecule has 0 saturated heterocycles. The highest BCUT2D eigenvalue weighted by Crippen LogP contribution is 2.34. The Balaban J connectivity index is 1.99. The summed E-state index contributed by atoms with van der Waals surface area (Å²) in [6, 6.07) is 4.75. The van der Waals surface area contributed by atoms with Crippen LogP contribution in [0.25, 0.3) is 10.2 Å². The van der Waals surface area contributed by atoms with Crippen molar-refractivity contribution >= 4 is 33.1 Å². The molecule has 27 heavy (non-hydrogen) atoms. The third-order valence-electron chi connectivity index (χ3n) is 4.00. The van der Waals surface area contributed by atoms with Crippen LogP contribution in [-0.2, 0) is 11.0 Å². The van der Waals surface area contributed by atoms with Crippen molar-refractivity contribution in [3.63, 3.8) is 0 Å². The van der Waals surface area contributed by atoms with E-state index in [1.807, 2.05) is 0 Å². The lowest BCUT2D eigenvalue weighted by Gasteiger charge is -2.17. The van der Waals surface area contributed by atoms with E-state index in [1.54, 1.807) is 13.0 Å². The minimum Gasteiger partial charge on any atom is -0.324 e. The summed E-state index contributed by atoms with van der Waals surface area (Å²) in [7, 11) is 0. The van der Waals surface area contributed by atoms with E-state index in [-0.39, 0.29) is 5.39 Å². The molecule has 6 nitrogen and oxygen atoms in total. The van der Waals surface area contributed by atoms with Gasteiger partial charge in [-0.05, 0) is 32.0 Å². The normalized spacial score (nSPS) is 12.9. The number of alkyl halides is 3. The first-order valence-corrected chi connectivity index (χ1v) is 8.63. The molecule has 3 rings (SSSR count). The van der Waals surface area contributed by atoms with Gasteiger partial charge in [0.05, 0.1) is 16.6 Å². The molecular formula is C17H14F3N3O3S. The highest BCUT2D eigenvalue weighted by molar-refractivity contribution is 7.18. The average molecular weight is 397 g/mol. The summed E-state index contributed by atoms with van der Waals surface area (Å²) in [5.74, 6) is -0.911. The first kappa shape index (κ1) is 18.9. The first-order chi connectivity index (χ1) is 12.6. The van der Waals surface area contributed by atoms with Gasteiger partial charge in [-0.25, -0.2) is 9.36 Å². The van der Waals surface area contributed by atoms with Gasteiger partial charge in [0, 0.05) is 4.88 Å². The summed E-state index contributed by atoms with van der Waals surface area (Å²) in [4.78, 5) is 41.0. The van der Waals surface area contributed by atoms with E-state index in [1.165, 1.54) is 30.4 Å². The Morgan fingerprint density at radius 2 is 1.93 bits per heavy atom. The zero-order valence-electron chi connectivity index (χ0n) is 14.2. The van der Waals surface area contributed by atoms with Crippen molar-refractivity contribution in [1.82, 2.24) is 9.55 Å². The number of fused-ring (bicyclic) bond motifs is 1. The maximum Gasteiger partial charge on any atom is 0.418 e. The second kappa shape index (κ2) is 6.69. The number of aryl methyl sites for hydroxylation is 1. The quantitative estimate of drug-likeness (QED) is 0.712. The van der Waals surface area contributed by atoms with Crippen LogP contribution in [0.2, 0.25) is 0 Å². The van der Waals surface area contributed by atoms with Gasteiger partial charge >= 0.3 is 11.9 Å². The molecule has 2 aromatic heterocycles. The lowest BCUT2D eigenvalue weighted by molar-refractivity contribution is -0.137. The van der Waals surface area contributed by atoms with Crippen molar-refractivity contribution in [2.24, 2.45) is 0 Å². The Bertz CT molecular complexity index is 1140. The highest BCUT2D eigenvalue weighted by Gasteiger charge is 2.34. The number of hydrogen-bond acceptors (Lipinski definition) is 4. The zero-order chi connectivity index (χ0) is 19.9. The number of para-hydroxylation sites is 1. The molecule has 2 heterocycles. The SMILES string of the molecule is Cc1cc2c(=O)n(C(C)C(=O)Nc3ccccc3C(F)(F)F)c(=O)[nH]c2s1. The number of thiophene rings is 1. The predicted octanol–water partition coefficient (Wildman–Crippen LogP) is 3.28. The fraction of sp³-hybridized carbons (Fsp3) is 0.235. The Kier molecular flexibility index (Phi) is 4.68. The van der Waals surface area contributed by atoms with Gasteiger partial charge in [0.2, 0.25) is 5.91 Å². The van der Waals surface area contributed by atoms with Crippen LogP contribution in [0.5, 0.6) is 0 Å². The molecule has 0 spiro atoms. The van der Waals surface area contributed by atoms with Crippen LogP contribution in [0, 0.1) is 6.92 Å². The number of anilines is 1. The van der Waals surface area contributed by atoms with Crippen molar-refractivity contribution in [1.29, 1.82) is 0 Å². The van der Waals surface area contributed by atoms with Crippen molar-refractivity contribution in [3.8, 4) is 0 Å². The number of aromatic nitrogens is 2. The third kappa shape index (κ3) is 3.52. The Labute approximate surface area is 154 Å². The summed E-state index contributed by atoms with van der Waals surface area (Å²) >= 11 is 1.22. The van der Waals surface area contributed by atoms with Crippen molar-refractivity contribution in [3.05, 3.63) is 61.6 Å². The minimum atomic E-state index is -4.66. The van der Waals surface area contributed by atoms with Crippen LogP contribution in [0.15, 0.2) is 39.9 Å². The molecule has 1 unspecified atom stereocenters. The number of amides is 1. The third-order valence-corrected chi connectivity index (χ3v) is 4.97. The smallest absolute Gasteiger partial charge is 0.324 e. The lowest BCUT2D eigenvalue weighted by atomic mass is 10.1. The van der Waals surface area contributed by atoms with Crippen molar-refractivity contribution < 1.29 is 18.0 Å². The molecule has 3 aromatic rings. The highest BCUT2D eigenvalue weighted by atomic mass is 32.1. The molecule has 0 saturated carbocycles. The molecule has 0 aliphatic heterocycles. The van der Waals surface area contributed by atoms with E-state index in [0.717, 1.165) is 17.0 Å². The Hall–Kier alpha value is -2.88. The van der Waals surface area contributed by atoms with Crippen LogP contribution >= 0.6 is 11.3 Å². The lowest BCUT2D eigenvalue weighted by Crippen LogP contribution is -2.41. The first-order valence-electron chi connectivity index (χ1n) is 7.81. The van der Waals surface area contributed by atoms with Crippen LogP contribution in [0.1, 0.15) is 23.4 Å². The number of aromatic amines is 1. The molecule has 2 N–H and O–H groups in total. The molecule has 0 aliphatic rings. The molecule has 0 bridgehead atoms. The van der Waals surface area contributed by atoms with Gasteiger partial charge < -0.3 is 5.32 Å². The van der Waals surface area contributed by atoms with Crippen LogP contribution in [-0.4, -0.2) is 15.5 Å². The molecule has 1 aromatic carbocycles. The maximum atomic E-state index is 13.1. The number of nitrogens with zero attached hydrogens (tertiary/aromatic N) is 1. The number of carbonyl (C=O) groups excluding carboxylic acids is 1. The standard InChI is InChI=1S/C17H14F3N3O3S/c1-8-7-10-14(27-8)22-16(26)23(15(10)25)9(2)13(24)21-12-6-4-3-5-11(12)17(18,19)20/h3-7,9H,1-2H3,(H,21,24)(H,22,26). The number of benzene rings is 1. The van der Waals surface area contributed by atoms with Gasteiger partial charge in [-0.3, -0.25) is 14.6 Å².